The largest absolute Gasteiger partial charge is 0.490 e. The van der Waals surface area contributed by atoms with Gasteiger partial charge in [0.2, 0.25) is 5.91 Å². The van der Waals surface area contributed by atoms with Crippen LogP contribution in [0.5, 0.6) is 0 Å². The first kappa shape index (κ1) is 29.2. The Labute approximate surface area is 229 Å². The summed E-state index contributed by atoms with van der Waals surface area (Å²) < 4.78 is 43.3. The van der Waals surface area contributed by atoms with E-state index in [0.29, 0.717) is 21.1 Å². The number of alkyl halides is 3. The van der Waals surface area contributed by atoms with Gasteiger partial charge in [0, 0.05) is 23.9 Å². The maximum Gasteiger partial charge on any atom is 0.490 e. The molecular formula is C24H21Cl2F3N4O4S. The first-order valence-electron chi connectivity index (χ1n) is 11.0. The van der Waals surface area contributed by atoms with Gasteiger partial charge in [0.1, 0.15) is 6.04 Å². The molecule has 0 aliphatic rings. The van der Waals surface area contributed by atoms with Gasteiger partial charge in [-0.2, -0.15) is 13.2 Å². The Morgan fingerprint density at radius 2 is 1.71 bits per heavy atom. The van der Waals surface area contributed by atoms with Gasteiger partial charge in [0.25, 0.3) is 5.91 Å². The highest BCUT2D eigenvalue weighted by Gasteiger charge is 2.43. The van der Waals surface area contributed by atoms with Gasteiger partial charge in [-0.1, -0.05) is 59.6 Å². The van der Waals surface area contributed by atoms with E-state index < -0.39 is 36.1 Å². The van der Waals surface area contributed by atoms with E-state index in [1.807, 2.05) is 0 Å². The number of benzene rings is 2. The second kappa shape index (κ2) is 12.9. The Morgan fingerprint density at radius 3 is 2.32 bits per heavy atom. The maximum atomic E-state index is 13.1. The van der Waals surface area contributed by atoms with Crippen LogP contribution in [-0.2, 0) is 38.5 Å². The van der Waals surface area contributed by atoms with E-state index >= 15 is 0 Å². The quantitative estimate of drug-likeness (QED) is 0.306. The van der Waals surface area contributed by atoms with Crippen molar-refractivity contribution in [3.8, 4) is 0 Å². The van der Waals surface area contributed by atoms with Gasteiger partial charge < -0.3 is 21.1 Å². The van der Waals surface area contributed by atoms with Gasteiger partial charge in [-0.3, -0.25) is 9.59 Å². The van der Waals surface area contributed by atoms with Crippen LogP contribution < -0.4 is 16.4 Å². The minimum atomic E-state index is -5.32. The number of carbonyl (C=O) groups is 3. The van der Waals surface area contributed by atoms with Crippen LogP contribution in [0.25, 0.3) is 0 Å². The van der Waals surface area contributed by atoms with E-state index in [1.165, 1.54) is 18.3 Å². The number of esters is 1. The molecule has 0 aliphatic heterocycles. The number of rotatable bonds is 10. The van der Waals surface area contributed by atoms with E-state index in [4.69, 9.17) is 28.9 Å². The van der Waals surface area contributed by atoms with Crippen molar-refractivity contribution in [2.45, 2.75) is 37.7 Å². The smallest absolute Gasteiger partial charge is 0.445 e. The van der Waals surface area contributed by atoms with Crippen molar-refractivity contribution < 1.29 is 32.3 Å². The molecule has 0 unspecified atom stereocenters. The third-order valence-electron chi connectivity index (χ3n) is 5.10. The Morgan fingerprint density at radius 1 is 1.00 bits per heavy atom. The van der Waals surface area contributed by atoms with Gasteiger partial charge in [0.05, 0.1) is 16.6 Å². The van der Waals surface area contributed by atoms with Crippen molar-refractivity contribution in [1.29, 1.82) is 0 Å². The van der Waals surface area contributed by atoms with Gasteiger partial charge >= 0.3 is 12.1 Å². The highest BCUT2D eigenvalue weighted by molar-refractivity contribution is 7.15. The molecule has 2 aromatic carbocycles. The molecule has 0 radical (unpaired) electrons. The van der Waals surface area contributed by atoms with Crippen LogP contribution in [-0.4, -0.2) is 41.1 Å². The number of nitrogens with one attached hydrogen (secondary N) is 2. The highest BCUT2D eigenvalue weighted by atomic mass is 35.5. The number of thiazole rings is 1. The van der Waals surface area contributed by atoms with Crippen molar-refractivity contribution >= 4 is 57.5 Å². The molecule has 3 aromatic rings. The van der Waals surface area contributed by atoms with E-state index in [9.17, 15) is 27.6 Å². The van der Waals surface area contributed by atoms with Crippen LogP contribution in [0.1, 0.15) is 16.0 Å². The van der Waals surface area contributed by atoms with Crippen molar-refractivity contribution in [1.82, 2.24) is 15.6 Å². The molecule has 0 saturated carbocycles. The van der Waals surface area contributed by atoms with Crippen LogP contribution in [0.2, 0.25) is 10.0 Å². The van der Waals surface area contributed by atoms with Crippen LogP contribution in [0.15, 0.2) is 54.7 Å². The van der Waals surface area contributed by atoms with Gasteiger partial charge in [-0.05, 0) is 23.3 Å². The molecule has 0 aliphatic carbocycles. The molecule has 1 heterocycles. The Hall–Kier alpha value is -3.35. The fraction of sp³-hybridized carbons (Fsp3) is 0.250. The third-order valence-corrected chi connectivity index (χ3v) is 6.67. The summed E-state index contributed by atoms with van der Waals surface area (Å²) in [5, 5.41) is 5.81. The zero-order valence-corrected chi connectivity index (χ0v) is 21.8. The summed E-state index contributed by atoms with van der Waals surface area (Å²) in [4.78, 5) is 42.3. The standard InChI is InChI=1S/C24H21Cl2F3N4O4S/c25-16-7-6-14(8-17(16)26)9-18(20(34)31-11-15-12-32-23(30)38-15)33-21(35)19(37-22(36)24(27,28)29)10-13-4-2-1-3-5-13/h1-8,12,18-19H,9-11H2,(H2,30,32)(H,31,34)(H,33,35)/t18-,19+/m0/s1. The molecule has 0 saturated heterocycles. The fourth-order valence-electron chi connectivity index (χ4n) is 3.29. The van der Waals surface area contributed by atoms with Gasteiger partial charge in [-0.15, -0.1) is 11.3 Å². The number of nitrogens with zero attached hydrogens (tertiary/aromatic N) is 1. The van der Waals surface area contributed by atoms with Crippen LogP contribution >= 0.6 is 34.5 Å². The first-order valence-corrected chi connectivity index (χ1v) is 12.5. The summed E-state index contributed by atoms with van der Waals surface area (Å²) in [5.41, 5.74) is 6.55. The summed E-state index contributed by atoms with van der Waals surface area (Å²) in [6, 6.07) is 11.3. The Bertz CT molecular complexity index is 1290. The molecule has 0 bridgehead atoms. The molecular weight excluding hydrogens is 568 g/mol. The summed E-state index contributed by atoms with van der Waals surface area (Å²) in [6.07, 6.45) is -6.15. The van der Waals surface area contributed by atoms with Gasteiger partial charge in [0.15, 0.2) is 11.2 Å². The number of halogens is 5. The molecule has 14 heteroatoms. The van der Waals surface area contributed by atoms with Gasteiger partial charge in [-0.25, -0.2) is 9.78 Å². The predicted molar refractivity (Wildman–Crippen MR) is 137 cm³/mol. The summed E-state index contributed by atoms with van der Waals surface area (Å²) in [7, 11) is 0. The van der Waals surface area contributed by atoms with E-state index in [-0.39, 0.29) is 29.4 Å². The summed E-state index contributed by atoms with van der Waals surface area (Å²) in [5.74, 6) is -4.27. The fourth-order valence-corrected chi connectivity index (χ4v) is 4.23. The molecule has 202 valence electrons. The summed E-state index contributed by atoms with van der Waals surface area (Å²) in [6.45, 7) is 0.0396. The normalized spacial score (nSPS) is 12.9. The molecule has 4 N–H and O–H groups in total. The lowest BCUT2D eigenvalue weighted by Crippen LogP contribution is -2.52. The Balaban J connectivity index is 1.82. The third kappa shape index (κ3) is 8.61. The number of anilines is 1. The minimum absolute atomic E-state index is 0.0396. The lowest BCUT2D eigenvalue weighted by molar-refractivity contribution is -0.205. The number of ether oxygens (including phenoxy) is 1. The average Bonchev–Trinajstić information content (AvgIpc) is 3.28. The molecule has 2 atom stereocenters. The average molecular weight is 589 g/mol. The number of carbonyl (C=O) groups excluding carboxylic acids is 3. The topological polar surface area (TPSA) is 123 Å². The first-order chi connectivity index (χ1) is 17.9. The number of amides is 2. The zero-order valence-electron chi connectivity index (χ0n) is 19.4. The molecule has 0 fully saturated rings. The van der Waals surface area contributed by atoms with Crippen LogP contribution in [0.4, 0.5) is 18.3 Å². The molecule has 2 amide bonds. The number of nitrogen functional groups attached to an aromatic ring is 1. The van der Waals surface area contributed by atoms with Crippen molar-refractivity contribution in [3.63, 3.8) is 0 Å². The monoisotopic (exact) mass is 588 g/mol. The van der Waals surface area contributed by atoms with Crippen molar-refractivity contribution in [2.75, 3.05) is 5.73 Å². The number of hydrogen-bond acceptors (Lipinski definition) is 7. The van der Waals surface area contributed by atoms with Crippen LogP contribution in [0, 0.1) is 0 Å². The second-order valence-corrected chi connectivity index (χ2v) is 9.94. The summed E-state index contributed by atoms with van der Waals surface area (Å²) >= 11 is 13.2. The maximum absolute atomic E-state index is 13.1. The SMILES string of the molecule is Nc1ncc(CNC(=O)[C@H](Cc2ccc(Cl)c(Cl)c2)NC(=O)[C@@H](Cc2ccccc2)OC(=O)C(F)(F)F)s1. The minimum Gasteiger partial charge on any atom is -0.445 e. The number of aromatic nitrogens is 1. The van der Waals surface area contributed by atoms with Crippen molar-refractivity contribution in [3.05, 3.63) is 80.8 Å². The molecule has 3 rings (SSSR count). The molecule has 0 spiro atoms. The van der Waals surface area contributed by atoms with E-state index in [1.54, 1.807) is 36.4 Å². The predicted octanol–water partition coefficient (Wildman–Crippen LogP) is 4.09. The van der Waals surface area contributed by atoms with E-state index in [0.717, 1.165) is 11.3 Å². The number of nitrogens with two attached hydrogens (primary N) is 1. The van der Waals surface area contributed by atoms with E-state index in [2.05, 4.69) is 20.4 Å². The zero-order chi connectivity index (χ0) is 27.9. The second-order valence-electron chi connectivity index (χ2n) is 7.98. The molecule has 8 nitrogen and oxygen atoms in total. The Kier molecular flexibility index (Phi) is 9.95. The lowest BCUT2D eigenvalue weighted by Gasteiger charge is -2.23. The highest BCUT2D eigenvalue weighted by Crippen LogP contribution is 2.24. The van der Waals surface area contributed by atoms with Crippen molar-refractivity contribution in [2.24, 2.45) is 0 Å². The molecule has 1 aromatic heterocycles. The molecule has 38 heavy (non-hydrogen) atoms. The lowest BCUT2D eigenvalue weighted by atomic mass is 10.0. The van der Waals surface area contributed by atoms with Crippen LogP contribution in [0.3, 0.4) is 0 Å². The number of hydrogen-bond donors (Lipinski definition) is 3.